The molecule has 1 aliphatic heterocycles. The third-order valence-corrected chi connectivity index (χ3v) is 2.65. The Morgan fingerprint density at radius 1 is 1.33 bits per heavy atom. The summed E-state index contributed by atoms with van der Waals surface area (Å²) < 4.78 is 11.0. The van der Waals surface area contributed by atoms with Crippen LogP contribution in [0.3, 0.4) is 0 Å². The molecule has 82 valence electrons. The predicted molar refractivity (Wildman–Crippen MR) is 58.4 cm³/mol. The summed E-state index contributed by atoms with van der Waals surface area (Å²) >= 11 is 0. The van der Waals surface area contributed by atoms with Crippen LogP contribution in [0.5, 0.6) is 0 Å². The highest BCUT2D eigenvalue weighted by atomic mass is 16.5. The smallest absolute Gasteiger partial charge is 0.0959 e. The van der Waals surface area contributed by atoms with Gasteiger partial charge in [-0.3, -0.25) is 0 Å². The Bertz CT molecular complexity index is 289. The van der Waals surface area contributed by atoms with Gasteiger partial charge >= 0.3 is 0 Å². The Labute approximate surface area is 90.2 Å². The van der Waals surface area contributed by atoms with Crippen molar-refractivity contribution in [3.63, 3.8) is 0 Å². The van der Waals surface area contributed by atoms with Gasteiger partial charge in [-0.1, -0.05) is 30.3 Å². The number of hydrogen-bond donors (Lipinski definition) is 1. The molecule has 3 heteroatoms. The highest BCUT2D eigenvalue weighted by Crippen LogP contribution is 2.12. The highest BCUT2D eigenvalue weighted by Gasteiger charge is 2.24. The van der Waals surface area contributed by atoms with Gasteiger partial charge in [0.25, 0.3) is 0 Å². The fourth-order valence-electron chi connectivity index (χ4n) is 1.70. The summed E-state index contributed by atoms with van der Waals surface area (Å²) in [4.78, 5) is 0. The molecule has 0 bridgehead atoms. The number of benzene rings is 1. The first-order valence-electron chi connectivity index (χ1n) is 5.35. The third kappa shape index (κ3) is 3.02. The zero-order valence-electron chi connectivity index (χ0n) is 8.76. The van der Waals surface area contributed by atoms with Crippen LogP contribution in [0.2, 0.25) is 0 Å². The van der Waals surface area contributed by atoms with Gasteiger partial charge in [0.15, 0.2) is 0 Å². The maximum absolute atomic E-state index is 5.85. The molecule has 0 spiro atoms. The Kier molecular flexibility index (Phi) is 3.72. The standard InChI is InChI=1S/C12H17NO2/c13-11-6-7-15-12(11)9-14-8-10-4-2-1-3-5-10/h1-5,11-12H,6-9,13H2/t11-,12+/m1/s1. The molecule has 1 saturated heterocycles. The van der Waals surface area contributed by atoms with Gasteiger partial charge in [-0.05, 0) is 12.0 Å². The van der Waals surface area contributed by atoms with Crippen molar-refractivity contribution >= 4 is 0 Å². The first-order chi connectivity index (χ1) is 7.36. The van der Waals surface area contributed by atoms with E-state index >= 15 is 0 Å². The van der Waals surface area contributed by atoms with Crippen molar-refractivity contribution in [2.45, 2.75) is 25.2 Å². The normalized spacial score (nSPS) is 25.7. The van der Waals surface area contributed by atoms with Gasteiger partial charge in [-0.15, -0.1) is 0 Å². The van der Waals surface area contributed by atoms with E-state index in [-0.39, 0.29) is 12.1 Å². The maximum Gasteiger partial charge on any atom is 0.0959 e. The van der Waals surface area contributed by atoms with E-state index in [4.69, 9.17) is 15.2 Å². The van der Waals surface area contributed by atoms with Crippen molar-refractivity contribution in [1.29, 1.82) is 0 Å². The van der Waals surface area contributed by atoms with Crippen LogP contribution < -0.4 is 5.73 Å². The van der Waals surface area contributed by atoms with E-state index in [2.05, 4.69) is 12.1 Å². The van der Waals surface area contributed by atoms with Crippen molar-refractivity contribution < 1.29 is 9.47 Å². The Hall–Kier alpha value is -0.900. The van der Waals surface area contributed by atoms with Crippen molar-refractivity contribution in [2.75, 3.05) is 13.2 Å². The van der Waals surface area contributed by atoms with Crippen LogP contribution in [0.4, 0.5) is 0 Å². The van der Waals surface area contributed by atoms with Crippen molar-refractivity contribution in [2.24, 2.45) is 5.73 Å². The molecule has 3 nitrogen and oxygen atoms in total. The average molecular weight is 207 g/mol. The fraction of sp³-hybridized carbons (Fsp3) is 0.500. The molecule has 1 aliphatic rings. The van der Waals surface area contributed by atoms with Crippen LogP contribution in [0.25, 0.3) is 0 Å². The first-order valence-corrected chi connectivity index (χ1v) is 5.35. The van der Waals surface area contributed by atoms with Gasteiger partial charge in [0, 0.05) is 12.6 Å². The molecule has 0 aliphatic carbocycles. The number of rotatable bonds is 4. The topological polar surface area (TPSA) is 44.5 Å². The molecule has 0 aromatic heterocycles. The van der Waals surface area contributed by atoms with Gasteiger partial charge in [0.05, 0.1) is 19.3 Å². The second-order valence-corrected chi connectivity index (χ2v) is 3.86. The third-order valence-electron chi connectivity index (χ3n) is 2.65. The number of hydrogen-bond acceptors (Lipinski definition) is 3. The molecule has 15 heavy (non-hydrogen) atoms. The fourth-order valence-corrected chi connectivity index (χ4v) is 1.70. The van der Waals surface area contributed by atoms with E-state index in [1.807, 2.05) is 18.2 Å². The molecule has 2 N–H and O–H groups in total. The quantitative estimate of drug-likeness (QED) is 0.809. The Balaban J connectivity index is 1.71. The Morgan fingerprint density at radius 3 is 2.80 bits per heavy atom. The lowest BCUT2D eigenvalue weighted by molar-refractivity contribution is 0.00579. The second-order valence-electron chi connectivity index (χ2n) is 3.86. The lowest BCUT2D eigenvalue weighted by atomic mass is 10.2. The molecule has 0 saturated carbocycles. The molecule has 0 amide bonds. The predicted octanol–water partition coefficient (Wildman–Crippen LogP) is 1.32. The summed E-state index contributed by atoms with van der Waals surface area (Å²) in [6.07, 6.45) is 1.02. The molecule has 0 radical (unpaired) electrons. The van der Waals surface area contributed by atoms with E-state index in [1.54, 1.807) is 0 Å². The van der Waals surface area contributed by atoms with E-state index < -0.39 is 0 Å². The summed E-state index contributed by atoms with van der Waals surface area (Å²) in [6.45, 7) is 1.99. The Morgan fingerprint density at radius 2 is 2.13 bits per heavy atom. The zero-order chi connectivity index (χ0) is 10.5. The molecule has 1 fully saturated rings. The van der Waals surface area contributed by atoms with Gasteiger partial charge in [-0.25, -0.2) is 0 Å². The molecule has 1 aromatic rings. The molecular formula is C12H17NO2. The van der Waals surface area contributed by atoms with Crippen LogP contribution in [0.1, 0.15) is 12.0 Å². The van der Waals surface area contributed by atoms with Crippen molar-refractivity contribution in [3.05, 3.63) is 35.9 Å². The van der Waals surface area contributed by atoms with Crippen LogP contribution in [-0.4, -0.2) is 25.4 Å². The molecule has 1 heterocycles. The van der Waals surface area contributed by atoms with Crippen LogP contribution in [0.15, 0.2) is 30.3 Å². The molecule has 2 atom stereocenters. The summed E-state index contributed by atoms with van der Waals surface area (Å²) in [7, 11) is 0. The van der Waals surface area contributed by atoms with Crippen LogP contribution in [0, 0.1) is 0 Å². The minimum absolute atomic E-state index is 0.0775. The largest absolute Gasteiger partial charge is 0.374 e. The first kappa shape index (κ1) is 10.6. The second kappa shape index (κ2) is 5.26. The van der Waals surface area contributed by atoms with Crippen molar-refractivity contribution in [3.8, 4) is 0 Å². The summed E-state index contributed by atoms with van der Waals surface area (Å²) in [6, 6.07) is 10.3. The number of nitrogens with two attached hydrogens (primary N) is 1. The van der Waals surface area contributed by atoms with Crippen LogP contribution in [-0.2, 0) is 16.1 Å². The number of ether oxygens (including phenoxy) is 2. The van der Waals surface area contributed by atoms with E-state index in [0.717, 1.165) is 13.0 Å². The highest BCUT2D eigenvalue weighted by molar-refractivity contribution is 5.13. The van der Waals surface area contributed by atoms with Gasteiger partial charge in [0.2, 0.25) is 0 Å². The molecule has 2 rings (SSSR count). The minimum Gasteiger partial charge on any atom is -0.374 e. The lowest BCUT2D eigenvalue weighted by Gasteiger charge is -2.14. The van der Waals surface area contributed by atoms with Crippen LogP contribution >= 0.6 is 0 Å². The molecular weight excluding hydrogens is 190 g/mol. The monoisotopic (exact) mass is 207 g/mol. The average Bonchev–Trinajstić information content (AvgIpc) is 2.66. The van der Waals surface area contributed by atoms with E-state index in [1.165, 1.54) is 5.56 Å². The van der Waals surface area contributed by atoms with E-state index in [9.17, 15) is 0 Å². The van der Waals surface area contributed by atoms with E-state index in [0.29, 0.717) is 13.2 Å². The van der Waals surface area contributed by atoms with Gasteiger partial charge < -0.3 is 15.2 Å². The summed E-state index contributed by atoms with van der Waals surface area (Å²) in [5.41, 5.74) is 7.04. The van der Waals surface area contributed by atoms with Crippen molar-refractivity contribution in [1.82, 2.24) is 0 Å². The molecule has 1 aromatic carbocycles. The van der Waals surface area contributed by atoms with Gasteiger partial charge in [0.1, 0.15) is 0 Å². The SMILES string of the molecule is N[C@@H]1CCO[C@H]1COCc1ccccc1. The summed E-state index contributed by atoms with van der Waals surface area (Å²) in [5, 5.41) is 0. The molecule has 0 unspecified atom stereocenters. The zero-order valence-corrected chi connectivity index (χ0v) is 8.76. The minimum atomic E-state index is 0.0775. The summed E-state index contributed by atoms with van der Waals surface area (Å²) in [5.74, 6) is 0. The maximum atomic E-state index is 5.85. The van der Waals surface area contributed by atoms with Gasteiger partial charge in [-0.2, -0.15) is 0 Å². The lowest BCUT2D eigenvalue weighted by Crippen LogP contribution is -2.33.